The van der Waals surface area contributed by atoms with Crippen LogP contribution in [0.1, 0.15) is 23.1 Å². The Morgan fingerprint density at radius 2 is 2.00 bits per heavy atom. The molecular weight excluding hydrogens is 456 g/mol. The van der Waals surface area contributed by atoms with Crippen LogP contribution in [0.15, 0.2) is 42.5 Å². The van der Waals surface area contributed by atoms with Crippen LogP contribution in [0.3, 0.4) is 0 Å². The molecule has 2 heterocycles. The van der Waals surface area contributed by atoms with E-state index in [1.165, 1.54) is 24.5 Å². The maximum atomic E-state index is 12.4. The van der Waals surface area contributed by atoms with E-state index in [1.807, 2.05) is 31.2 Å². The predicted molar refractivity (Wildman–Crippen MR) is 125 cm³/mol. The molecule has 0 saturated heterocycles. The molecule has 8 nitrogen and oxygen atoms in total. The van der Waals surface area contributed by atoms with Gasteiger partial charge in [0.1, 0.15) is 10.8 Å². The number of rotatable bonds is 5. The van der Waals surface area contributed by atoms with Crippen molar-refractivity contribution in [2.75, 3.05) is 12.4 Å². The van der Waals surface area contributed by atoms with Gasteiger partial charge >= 0.3 is 0 Å². The van der Waals surface area contributed by atoms with Crippen molar-refractivity contribution in [2.45, 2.75) is 13.3 Å². The lowest BCUT2D eigenvalue weighted by molar-refractivity contribution is 0.0977. The first-order chi connectivity index (χ1) is 15.0. The van der Waals surface area contributed by atoms with E-state index in [9.17, 15) is 4.79 Å². The van der Waals surface area contributed by atoms with E-state index >= 15 is 0 Å². The SMILES string of the molecule is CCc1nnc2sc(-c3ccc(NC(=S)NC(=O)c4ccc(OC)c(Cl)c4)cc3)nn12. The van der Waals surface area contributed by atoms with Crippen molar-refractivity contribution < 1.29 is 9.53 Å². The van der Waals surface area contributed by atoms with Crippen LogP contribution < -0.4 is 15.4 Å². The fourth-order valence-electron chi connectivity index (χ4n) is 2.84. The summed E-state index contributed by atoms with van der Waals surface area (Å²) in [5, 5.41) is 19.8. The molecule has 0 aliphatic rings. The zero-order valence-corrected chi connectivity index (χ0v) is 18.9. The van der Waals surface area contributed by atoms with E-state index in [0.717, 1.165) is 33.5 Å². The third kappa shape index (κ3) is 4.50. The Bertz CT molecular complexity index is 1270. The molecule has 0 fully saturated rings. The fraction of sp³-hybridized carbons (Fsp3) is 0.150. The fourth-order valence-corrected chi connectivity index (χ4v) is 4.17. The summed E-state index contributed by atoms with van der Waals surface area (Å²) in [4.78, 5) is 13.2. The van der Waals surface area contributed by atoms with Crippen LogP contribution in [0.4, 0.5) is 5.69 Å². The summed E-state index contributed by atoms with van der Waals surface area (Å²) in [5.74, 6) is 0.954. The lowest BCUT2D eigenvalue weighted by Gasteiger charge is -2.11. The molecule has 31 heavy (non-hydrogen) atoms. The van der Waals surface area contributed by atoms with Gasteiger partial charge in [-0.15, -0.1) is 10.2 Å². The Kier molecular flexibility index (Phi) is 6.12. The van der Waals surface area contributed by atoms with Crippen molar-refractivity contribution in [3.05, 3.63) is 58.9 Å². The lowest BCUT2D eigenvalue weighted by Crippen LogP contribution is -2.34. The van der Waals surface area contributed by atoms with Crippen molar-refractivity contribution in [2.24, 2.45) is 0 Å². The average Bonchev–Trinajstić information content (AvgIpc) is 3.34. The van der Waals surface area contributed by atoms with Gasteiger partial charge in [-0.05, 0) is 54.7 Å². The maximum absolute atomic E-state index is 12.4. The monoisotopic (exact) mass is 472 g/mol. The van der Waals surface area contributed by atoms with E-state index < -0.39 is 0 Å². The molecule has 2 aromatic heterocycles. The molecule has 0 aliphatic carbocycles. The molecule has 0 atom stereocenters. The van der Waals surface area contributed by atoms with Crippen LogP contribution in [0, 0.1) is 0 Å². The quantitative estimate of drug-likeness (QED) is 0.420. The molecule has 0 saturated carbocycles. The molecule has 0 unspecified atom stereocenters. The van der Waals surface area contributed by atoms with Crippen molar-refractivity contribution in [1.29, 1.82) is 0 Å². The molecule has 0 bridgehead atoms. The molecular formula is C20H17ClN6O2S2. The highest BCUT2D eigenvalue weighted by Crippen LogP contribution is 2.27. The van der Waals surface area contributed by atoms with E-state index in [1.54, 1.807) is 16.6 Å². The summed E-state index contributed by atoms with van der Waals surface area (Å²) in [6, 6.07) is 12.3. The standard InChI is InChI=1S/C20H17ClN6O2S2/c1-3-16-24-25-20-27(16)26-18(31-20)11-4-7-13(8-5-11)22-19(30)23-17(28)12-6-9-15(29-2)14(21)10-12/h4-10H,3H2,1-2H3,(H2,22,23,28,30). The normalized spacial score (nSPS) is 10.8. The maximum Gasteiger partial charge on any atom is 0.257 e. The number of aromatic nitrogens is 4. The molecule has 11 heteroatoms. The van der Waals surface area contributed by atoms with Crippen LogP contribution in [0.25, 0.3) is 15.5 Å². The molecule has 4 rings (SSSR count). The van der Waals surface area contributed by atoms with Gasteiger partial charge in [0.15, 0.2) is 10.9 Å². The van der Waals surface area contributed by atoms with Crippen molar-refractivity contribution >= 4 is 56.8 Å². The summed E-state index contributed by atoms with van der Waals surface area (Å²) in [5.41, 5.74) is 2.06. The number of nitrogens with one attached hydrogen (secondary N) is 2. The molecule has 0 spiro atoms. The zero-order valence-electron chi connectivity index (χ0n) is 16.5. The van der Waals surface area contributed by atoms with Crippen LogP contribution in [-0.4, -0.2) is 37.9 Å². The second kappa shape index (κ2) is 8.96. The first-order valence-electron chi connectivity index (χ1n) is 9.26. The molecule has 2 aromatic carbocycles. The number of methoxy groups -OCH3 is 1. The van der Waals surface area contributed by atoms with E-state index in [-0.39, 0.29) is 11.0 Å². The molecule has 2 N–H and O–H groups in total. The minimum absolute atomic E-state index is 0.177. The van der Waals surface area contributed by atoms with Crippen LogP contribution in [-0.2, 0) is 6.42 Å². The molecule has 1 amide bonds. The second-order valence-electron chi connectivity index (χ2n) is 6.41. The summed E-state index contributed by atoms with van der Waals surface area (Å²) in [6.45, 7) is 2.01. The number of hydrogen-bond acceptors (Lipinski definition) is 7. The Morgan fingerprint density at radius 1 is 1.23 bits per heavy atom. The number of fused-ring (bicyclic) bond motifs is 1. The van der Waals surface area contributed by atoms with Crippen molar-refractivity contribution in [3.8, 4) is 16.3 Å². The van der Waals surface area contributed by atoms with Crippen molar-refractivity contribution in [1.82, 2.24) is 25.1 Å². The van der Waals surface area contributed by atoms with Crippen LogP contribution >= 0.6 is 35.2 Å². The summed E-state index contributed by atoms with van der Waals surface area (Å²) < 4.78 is 6.86. The number of ether oxygens (including phenoxy) is 1. The van der Waals surface area contributed by atoms with Gasteiger partial charge in [-0.25, -0.2) is 0 Å². The summed E-state index contributed by atoms with van der Waals surface area (Å²) in [7, 11) is 1.51. The Hall–Kier alpha value is -3.08. The number of halogens is 1. The highest BCUT2D eigenvalue weighted by atomic mass is 35.5. The molecule has 158 valence electrons. The third-order valence-electron chi connectivity index (χ3n) is 4.40. The Balaban J connectivity index is 1.41. The first-order valence-corrected chi connectivity index (χ1v) is 10.9. The van der Waals surface area contributed by atoms with Gasteiger partial charge in [-0.2, -0.15) is 9.61 Å². The minimum Gasteiger partial charge on any atom is -0.495 e. The van der Waals surface area contributed by atoms with Gasteiger partial charge < -0.3 is 10.1 Å². The van der Waals surface area contributed by atoms with Crippen LogP contribution in [0.5, 0.6) is 5.75 Å². The topological polar surface area (TPSA) is 93.4 Å². The van der Waals surface area contributed by atoms with E-state index in [2.05, 4.69) is 25.9 Å². The number of carbonyl (C=O) groups excluding carboxylic acids is 1. The number of amides is 1. The van der Waals surface area contributed by atoms with E-state index in [4.69, 9.17) is 28.6 Å². The largest absolute Gasteiger partial charge is 0.495 e. The highest BCUT2D eigenvalue weighted by molar-refractivity contribution is 7.80. The van der Waals surface area contributed by atoms with Gasteiger partial charge in [0.05, 0.1) is 12.1 Å². The number of anilines is 1. The molecule has 0 radical (unpaired) electrons. The summed E-state index contributed by atoms with van der Waals surface area (Å²) >= 11 is 12.8. The number of benzene rings is 2. The smallest absolute Gasteiger partial charge is 0.257 e. The van der Waals surface area contributed by atoms with Gasteiger partial charge in [0.25, 0.3) is 5.91 Å². The number of nitrogens with zero attached hydrogens (tertiary/aromatic N) is 4. The van der Waals surface area contributed by atoms with Gasteiger partial charge in [0, 0.05) is 23.2 Å². The Morgan fingerprint density at radius 3 is 2.68 bits per heavy atom. The predicted octanol–water partition coefficient (Wildman–Crippen LogP) is 4.20. The number of carbonyl (C=O) groups is 1. The number of thiocarbonyl (C=S) groups is 1. The zero-order chi connectivity index (χ0) is 22.0. The highest BCUT2D eigenvalue weighted by Gasteiger charge is 2.13. The second-order valence-corrected chi connectivity index (χ2v) is 8.18. The number of aryl methyl sites for hydroxylation is 1. The van der Waals surface area contributed by atoms with E-state index in [0.29, 0.717) is 16.3 Å². The molecule has 0 aliphatic heterocycles. The van der Waals surface area contributed by atoms with Gasteiger partial charge in [-0.1, -0.05) is 29.9 Å². The van der Waals surface area contributed by atoms with Gasteiger partial charge in [-0.3, -0.25) is 10.1 Å². The third-order valence-corrected chi connectivity index (χ3v) is 5.85. The van der Waals surface area contributed by atoms with Crippen LogP contribution in [0.2, 0.25) is 5.02 Å². The van der Waals surface area contributed by atoms with Crippen molar-refractivity contribution in [3.63, 3.8) is 0 Å². The Labute approximate surface area is 192 Å². The lowest BCUT2D eigenvalue weighted by atomic mass is 10.2. The minimum atomic E-state index is -0.370. The average molecular weight is 473 g/mol. The van der Waals surface area contributed by atoms with Gasteiger partial charge in [0.2, 0.25) is 4.96 Å². The first kappa shape index (κ1) is 21.2. The molecule has 4 aromatic rings. The summed E-state index contributed by atoms with van der Waals surface area (Å²) in [6.07, 6.45) is 0.763. The number of hydrogen-bond donors (Lipinski definition) is 2.